The van der Waals surface area contributed by atoms with Crippen molar-refractivity contribution in [1.82, 2.24) is 10.4 Å². The summed E-state index contributed by atoms with van der Waals surface area (Å²) >= 11 is 0. The predicted octanol–water partition coefficient (Wildman–Crippen LogP) is 3.93. The number of rotatable bonds is 9. The first kappa shape index (κ1) is 16.9. The van der Waals surface area contributed by atoms with Crippen LogP contribution in [0.1, 0.15) is 32.3 Å². The van der Waals surface area contributed by atoms with Gasteiger partial charge < -0.3 is 11.2 Å². The SMILES string of the molecule is C=CN(Cc1ccccc1)N/C(=C/C(C)C(=C)N)CCC. The Kier molecular flexibility index (Phi) is 7.16. The second-order valence-corrected chi connectivity index (χ2v) is 5.21. The molecule has 0 aliphatic carbocycles. The number of hydrazine groups is 1. The first-order valence-corrected chi connectivity index (χ1v) is 7.41. The van der Waals surface area contributed by atoms with Crippen LogP contribution in [0.5, 0.6) is 0 Å². The van der Waals surface area contributed by atoms with Crippen molar-refractivity contribution in [2.75, 3.05) is 0 Å². The summed E-state index contributed by atoms with van der Waals surface area (Å²) in [7, 11) is 0. The van der Waals surface area contributed by atoms with Gasteiger partial charge in [0.25, 0.3) is 0 Å². The van der Waals surface area contributed by atoms with Crippen molar-refractivity contribution in [1.29, 1.82) is 0 Å². The molecule has 0 aliphatic rings. The van der Waals surface area contributed by atoms with E-state index in [4.69, 9.17) is 5.73 Å². The maximum absolute atomic E-state index is 5.77. The fraction of sp³-hybridized carbons (Fsp3) is 0.333. The van der Waals surface area contributed by atoms with Crippen LogP contribution in [-0.2, 0) is 6.54 Å². The highest BCUT2D eigenvalue weighted by Crippen LogP contribution is 2.12. The molecule has 0 bridgehead atoms. The zero-order chi connectivity index (χ0) is 15.7. The average molecular weight is 285 g/mol. The Morgan fingerprint density at radius 2 is 2.05 bits per heavy atom. The minimum Gasteiger partial charge on any atom is -0.402 e. The molecule has 1 rings (SSSR count). The van der Waals surface area contributed by atoms with E-state index in [1.165, 1.54) is 5.56 Å². The number of nitrogens with zero attached hydrogens (tertiary/aromatic N) is 1. The molecule has 0 saturated heterocycles. The summed E-state index contributed by atoms with van der Waals surface area (Å²) in [4.78, 5) is 0. The van der Waals surface area contributed by atoms with Gasteiger partial charge in [-0.3, -0.25) is 5.01 Å². The van der Waals surface area contributed by atoms with Gasteiger partial charge in [0, 0.05) is 23.5 Å². The van der Waals surface area contributed by atoms with Gasteiger partial charge in [0.15, 0.2) is 0 Å². The maximum Gasteiger partial charge on any atom is 0.0637 e. The number of nitrogens with two attached hydrogens (primary N) is 1. The molecule has 114 valence electrons. The molecule has 3 N–H and O–H groups in total. The van der Waals surface area contributed by atoms with Crippen LogP contribution < -0.4 is 11.2 Å². The van der Waals surface area contributed by atoms with Crippen LogP contribution in [0.15, 0.2) is 67.2 Å². The summed E-state index contributed by atoms with van der Waals surface area (Å²) in [5.41, 5.74) is 12.2. The molecule has 0 amide bonds. The maximum atomic E-state index is 5.77. The Balaban J connectivity index is 2.75. The number of nitrogens with one attached hydrogen (secondary N) is 1. The van der Waals surface area contributed by atoms with Gasteiger partial charge >= 0.3 is 0 Å². The Morgan fingerprint density at radius 1 is 1.38 bits per heavy atom. The van der Waals surface area contributed by atoms with Crippen LogP contribution in [0.25, 0.3) is 0 Å². The standard InChI is InChI=1S/C18H27N3/c1-5-10-18(13-15(3)16(4)19)20-21(6-2)14-17-11-8-7-9-12-17/h6-9,11-13,15,20H,2,4-5,10,14,19H2,1,3H3/b18-13+. The van der Waals surface area contributed by atoms with Crippen LogP contribution in [0.4, 0.5) is 0 Å². The minimum atomic E-state index is 0.155. The second-order valence-electron chi connectivity index (χ2n) is 5.21. The monoisotopic (exact) mass is 285 g/mol. The zero-order valence-electron chi connectivity index (χ0n) is 13.2. The average Bonchev–Trinajstić information content (AvgIpc) is 2.47. The molecular formula is C18H27N3. The fourth-order valence-electron chi connectivity index (χ4n) is 1.97. The van der Waals surface area contributed by atoms with Crippen molar-refractivity contribution in [2.24, 2.45) is 11.7 Å². The smallest absolute Gasteiger partial charge is 0.0637 e. The van der Waals surface area contributed by atoms with Crippen molar-refractivity contribution >= 4 is 0 Å². The zero-order valence-corrected chi connectivity index (χ0v) is 13.2. The van der Waals surface area contributed by atoms with Crippen LogP contribution in [0, 0.1) is 5.92 Å². The lowest BCUT2D eigenvalue weighted by molar-refractivity contribution is 0.289. The van der Waals surface area contributed by atoms with Crippen molar-refractivity contribution in [3.8, 4) is 0 Å². The summed E-state index contributed by atoms with van der Waals surface area (Å²) in [5, 5.41) is 1.99. The predicted molar refractivity (Wildman–Crippen MR) is 90.8 cm³/mol. The van der Waals surface area contributed by atoms with E-state index in [0.717, 1.165) is 25.1 Å². The second kappa shape index (κ2) is 8.90. The minimum absolute atomic E-state index is 0.155. The van der Waals surface area contributed by atoms with E-state index in [1.54, 1.807) is 6.20 Å². The first-order valence-electron chi connectivity index (χ1n) is 7.41. The molecule has 0 heterocycles. The molecule has 1 atom stereocenters. The van der Waals surface area contributed by atoms with Gasteiger partial charge in [0.1, 0.15) is 0 Å². The Labute approximate surface area is 128 Å². The highest BCUT2D eigenvalue weighted by atomic mass is 15.5. The molecule has 0 spiro atoms. The van der Waals surface area contributed by atoms with Crippen LogP contribution in [0.2, 0.25) is 0 Å². The summed E-state index contributed by atoms with van der Waals surface area (Å²) in [6, 6.07) is 10.3. The third kappa shape index (κ3) is 6.21. The van der Waals surface area contributed by atoms with Crippen molar-refractivity contribution in [3.05, 3.63) is 72.7 Å². The topological polar surface area (TPSA) is 41.3 Å². The molecule has 0 radical (unpaired) electrons. The first-order chi connectivity index (χ1) is 10.1. The summed E-state index contributed by atoms with van der Waals surface area (Å²) in [6.07, 6.45) is 5.97. The summed E-state index contributed by atoms with van der Waals surface area (Å²) in [5.74, 6) is 0.155. The normalized spacial score (nSPS) is 12.6. The van der Waals surface area contributed by atoms with Gasteiger partial charge in [-0.25, -0.2) is 0 Å². The van der Waals surface area contributed by atoms with Crippen molar-refractivity contribution in [2.45, 2.75) is 33.2 Å². The van der Waals surface area contributed by atoms with E-state index in [9.17, 15) is 0 Å². The van der Waals surface area contributed by atoms with Gasteiger partial charge in [-0.05, 0) is 12.0 Å². The Bertz CT molecular complexity index is 476. The Hall–Kier alpha value is -2.16. The lowest BCUT2D eigenvalue weighted by Crippen LogP contribution is -2.32. The largest absolute Gasteiger partial charge is 0.402 e. The lowest BCUT2D eigenvalue weighted by atomic mass is 10.1. The lowest BCUT2D eigenvalue weighted by Gasteiger charge is -2.25. The molecule has 3 heteroatoms. The molecule has 21 heavy (non-hydrogen) atoms. The highest BCUT2D eigenvalue weighted by Gasteiger charge is 2.06. The van der Waals surface area contributed by atoms with E-state index in [2.05, 4.69) is 50.6 Å². The number of hydrogen-bond acceptors (Lipinski definition) is 3. The van der Waals surface area contributed by atoms with Crippen LogP contribution in [0.3, 0.4) is 0 Å². The van der Waals surface area contributed by atoms with Gasteiger partial charge in [-0.2, -0.15) is 0 Å². The molecule has 0 saturated carbocycles. The number of allylic oxidation sites excluding steroid dienone is 2. The van der Waals surface area contributed by atoms with Gasteiger partial charge in [-0.15, -0.1) is 0 Å². The molecular weight excluding hydrogens is 258 g/mol. The van der Waals surface area contributed by atoms with Gasteiger partial charge in [0.2, 0.25) is 0 Å². The molecule has 1 aromatic rings. The fourth-order valence-corrected chi connectivity index (χ4v) is 1.97. The van der Waals surface area contributed by atoms with Gasteiger partial charge in [0.05, 0.1) is 6.54 Å². The summed E-state index contributed by atoms with van der Waals surface area (Å²) < 4.78 is 0. The van der Waals surface area contributed by atoms with E-state index in [0.29, 0.717) is 5.70 Å². The number of hydrogen-bond donors (Lipinski definition) is 2. The molecule has 1 aromatic carbocycles. The van der Waals surface area contributed by atoms with Crippen LogP contribution >= 0.6 is 0 Å². The quantitative estimate of drug-likeness (QED) is 0.675. The molecule has 3 nitrogen and oxygen atoms in total. The Morgan fingerprint density at radius 3 is 2.57 bits per heavy atom. The molecule has 0 fully saturated rings. The van der Waals surface area contributed by atoms with E-state index in [1.807, 2.05) is 23.2 Å². The van der Waals surface area contributed by atoms with Crippen molar-refractivity contribution in [3.63, 3.8) is 0 Å². The van der Waals surface area contributed by atoms with Gasteiger partial charge in [-0.1, -0.05) is 69.8 Å². The summed E-state index contributed by atoms with van der Waals surface area (Å²) in [6.45, 7) is 12.7. The van der Waals surface area contributed by atoms with E-state index >= 15 is 0 Å². The highest BCUT2D eigenvalue weighted by molar-refractivity contribution is 5.15. The third-order valence-electron chi connectivity index (χ3n) is 3.26. The molecule has 0 aromatic heterocycles. The molecule has 1 unspecified atom stereocenters. The van der Waals surface area contributed by atoms with Crippen LogP contribution in [-0.4, -0.2) is 5.01 Å². The van der Waals surface area contributed by atoms with E-state index in [-0.39, 0.29) is 5.92 Å². The van der Waals surface area contributed by atoms with E-state index < -0.39 is 0 Å². The van der Waals surface area contributed by atoms with Crippen molar-refractivity contribution < 1.29 is 0 Å². The third-order valence-corrected chi connectivity index (χ3v) is 3.26. The molecule has 0 aliphatic heterocycles. The number of benzene rings is 1.